The second-order valence-corrected chi connectivity index (χ2v) is 6.75. The molecule has 2 atom stereocenters. The molecule has 5 heteroatoms. The molecule has 26 heavy (non-hydrogen) atoms. The summed E-state index contributed by atoms with van der Waals surface area (Å²) in [5.74, 6) is 0.744. The SMILES string of the molecule is CCOC(C)Oc1ccc2cc(C(O)(c3cnc[nH]3)C(C)C)ccc2c1. The Labute approximate surface area is 154 Å². The minimum Gasteiger partial charge on any atom is -0.465 e. The first-order chi connectivity index (χ1) is 12.4. The highest BCUT2D eigenvalue weighted by molar-refractivity contribution is 5.84. The molecule has 0 saturated carbocycles. The molecule has 0 aliphatic heterocycles. The van der Waals surface area contributed by atoms with E-state index >= 15 is 0 Å². The van der Waals surface area contributed by atoms with Crippen LogP contribution in [0.5, 0.6) is 5.75 Å². The number of hydrogen-bond acceptors (Lipinski definition) is 4. The highest BCUT2D eigenvalue weighted by atomic mass is 16.7. The van der Waals surface area contributed by atoms with Crippen LogP contribution in [0.25, 0.3) is 10.8 Å². The third-order valence-electron chi connectivity index (χ3n) is 4.70. The van der Waals surface area contributed by atoms with Crippen molar-refractivity contribution in [1.82, 2.24) is 9.97 Å². The Morgan fingerprint density at radius 3 is 2.50 bits per heavy atom. The van der Waals surface area contributed by atoms with Crippen molar-refractivity contribution in [2.24, 2.45) is 5.92 Å². The summed E-state index contributed by atoms with van der Waals surface area (Å²) in [6.07, 6.45) is 2.98. The van der Waals surface area contributed by atoms with Crippen LogP contribution in [0.15, 0.2) is 48.9 Å². The van der Waals surface area contributed by atoms with Crippen molar-refractivity contribution >= 4 is 10.8 Å². The number of H-pyrrole nitrogens is 1. The maximum atomic E-state index is 11.4. The number of hydrogen-bond donors (Lipinski definition) is 2. The van der Waals surface area contributed by atoms with Crippen LogP contribution < -0.4 is 4.74 Å². The largest absolute Gasteiger partial charge is 0.465 e. The van der Waals surface area contributed by atoms with Crippen LogP contribution in [0.3, 0.4) is 0 Å². The first-order valence-electron chi connectivity index (χ1n) is 8.99. The quantitative estimate of drug-likeness (QED) is 0.624. The molecule has 1 heterocycles. The fourth-order valence-corrected chi connectivity index (χ4v) is 3.26. The van der Waals surface area contributed by atoms with Crippen LogP contribution in [0.2, 0.25) is 0 Å². The van der Waals surface area contributed by atoms with E-state index in [4.69, 9.17) is 9.47 Å². The molecule has 0 fully saturated rings. The predicted molar refractivity (Wildman–Crippen MR) is 102 cm³/mol. The molecule has 3 rings (SSSR count). The minimum atomic E-state index is -1.12. The lowest BCUT2D eigenvalue weighted by Gasteiger charge is -2.32. The minimum absolute atomic E-state index is 0.0185. The summed E-state index contributed by atoms with van der Waals surface area (Å²) in [5, 5.41) is 13.5. The summed E-state index contributed by atoms with van der Waals surface area (Å²) in [6.45, 7) is 8.43. The molecule has 5 nitrogen and oxygen atoms in total. The molecule has 0 spiro atoms. The van der Waals surface area contributed by atoms with Gasteiger partial charge < -0.3 is 19.6 Å². The molecule has 2 unspecified atom stereocenters. The van der Waals surface area contributed by atoms with E-state index in [1.54, 1.807) is 12.5 Å². The zero-order valence-corrected chi connectivity index (χ0v) is 15.7. The van der Waals surface area contributed by atoms with E-state index in [9.17, 15) is 5.11 Å². The van der Waals surface area contributed by atoms with Crippen molar-refractivity contribution in [3.05, 3.63) is 60.2 Å². The molecule has 2 aromatic carbocycles. The Balaban J connectivity index is 1.96. The van der Waals surface area contributed by atoms with Gasteiger partial charge in [0.1, 0.15) is 11.4 Å². The lowest BCUT2D eigenvalue weighted by molar-refractivity contribution is -0.0612. The van der Waals surface area contributed by atoms with Crippen molar-refractivity contribution in [2.75, 3.05) is 6.61 Å². The molecule has 0 bridgehead atoms. The zero-order chi connectivity index (χ0) is 18.7. The zero-order valence-electron chi connectivity index (χ0n) is 15.7. The van der Waals surface area contributed by atoms with Crippen molar-refractivity contribution in [2.45, 2.75) is 39.6 Å². The topological polar surface area (TPSA) is 67.4 Å². The summed E-state index contributed by atoms with van der Waals surface area (Å²) in [5.41, 5.74) is 0.404. The Morgan fingerprint density at radius 1 is 1.12 bits per heavy atom. The third kappa shape index (κ3) is 3.45. The lowest BCUT2D eigenvalue weighted by atomic mass is 9.80. The van der Waals surface area contributed by atoms with Gasteiger partial charge in [0.15, 0.2) is 6.29 Å². The third-order valence-corrected chi connectivity index (χ3v) is 4.70. The first kappa shape index (κ1) is 18.4. The number of aromatic amines is 1. The van der Waals surface area contributed by atoms with Crippen LogP contribution in [0.1, 0.15) is 39.0 Å². The van der Waals surface area contributed by atoms with Crippen molar-refractivity contribution in [3.8, 4) is 5.75 Å². The molecule has 0 radical (unpaired) electrons. The van der Waals surface area contributed by atoms with Gasteiger partial charge in [0.2, 0.25) is 0 Å². The highest BCUT2D eigenvalue weighted by Crippen LogP contribution is 2.37. The van der Waals surface area contributed by atoms with Gasteiger partial charge in [-0.05, 0) is 54.3 Å². The summed E-state index contributed by atoms with van der Waals surface area (Å²) in [6, 6.07) is 11.9. The standard InChI is InChI=1S/C21H26N2O3/c1-5-25-15(4)26-19-9-7-16-10-18(8-6-17(16)11-19)21(24,14(2)3)20-12-22-13-23-20/h6-15,24H,5H2,1-4H3,(H,22,23). The number of benzene rings is 2. The lowest BCUT2D eigenvalue weighted by Crippen LogP contribution is -2.33. The maximum Gasteiger partial charge on any atom is 0.196 e. The van der Waals surface area contributed by atoms with Gasteiger partial charge in [-0.15, -0.1) is 0 Å². The van der Waals surface area contributed by atoms with Gasteiger partial charge in [-0.3, -0.25) is 0 Å². The molecule has 0 amide bonds. The molecular weight excluding hydrogens is 328 g/mol. The smallest absolute Gasteiger partial charge is 0.196 e. The van der Waals surface area contributed by atoms with Crippen molar-refractivity contribution < 1.29 is 14.6 Å². The van der Waals surface area contributed by atoms with Crippen molar-refractivity contribution in [3.63, 3.8) is 0 Å². The molecule has 3 aromatic rings. The molecule has 0 saturated heterocycles. The number of imidazole rings is 1. The van der Waals surface area contributed by atoms with Crippen molar-refractivity contribution in [1.29, 1.82) is 0 Å². The summed E-state index contributed by atoms with van der Waals surface area (Å²) in [7, 11) is 0. The number of nitrogens with zero attached hydrogens (tertiary/aromatic N) is 1. The molecular formula is C21H26N2O3. The number of rotatable bonds is 7. The van der Waals surface area contributed by atoms with Gasteiger partial charge in [-0.1, -0.05) is 32.0 Å². The fraction of sp³-hybridized carbons (Fsp3) is 0.381. The molecule has 2 N–H and O–H groups in total. The second-order valence-electron chi connectivity index (χ2n) is 6.75. The van der Waals surface area contributed by atoms with Crippen LogP contribution in [-0.2, 0) is 10.3 Å². The molecule has 0 aliphatic carbocycles. The van der Waals surface area contributed by atoms with E-state index < -0.39 is 5.60 Å². The average Bonchev–Trinajstić information content (AvgIpc) is 3.15. The molecule has 138 valence electrons. The number of ether oxygens (including phenoxy) is 2. The Kier molecular flexibility index (Phi) is 5.30. The van der Waals surface area contributed by atoms with Crippen LogP contribution in [0.4, 0.5) is 0 Å². The van der Waals surface area contributed by atoms with E-state index in [0.29, 0.717) is 12.3 Å². The van der Waals surface area contributed by atoms with E-state index in [1.807, 2.05) is 64.1 Å². The van der Waals surface area contributed by atoms with E-state index in [-0.39, 0.29) is 12.2 Å². The van der Waals surface area contributed by atoms with Crippen LogP contribution in [0, 0.1) is 5.92 Å². The van der Waals surface area contributed by atoms with Gasteiger partial charge in [0, 0.05) is 6.61 Å². The Bertz CT molecular complexity index is 861. The number of aliphatic hydroxyl groups is 1. The van der Waals surface area contributed by atoms with E-state index in [0.717, 1.165) is 22.1 Å². The summed E-state index contributed by atoms with van der Waals surface area (Å²) < 4.78 is 11.2. The Hall–Kier alpha value is -2.37. The maximum absolute atomic E-state index is 11.4. The van der Waals surface area contributed by atoms with E-state index in [2.05, 4.69) is 9.97 Å². The monoisotopic (exact) mass is 354 g/mol. The van der Waals surface area contributed by atoms with Gasteiger partial charge >= 0.3 is 0 Å². The molecule has 0 aliphatic rings. The van der Waals surface area contributed by atoms with Gasteiger partial charge in [-0.2, -0.15) is 0 Å². The van der Waals surface area contributed by atoms with E-state index in [1.165, 1.54) is 0 Å². The van der Waals surface area contributed by atoms with Gasteiger partial charge in [0.25, 0.3) is 0 Å². The van der Waals surface area contributed by atoms with Gasteiger partial charge in [0.05, 0.1) is 18.2 Å². The molecule has 1 aromatic heterocycles. The summed E-state index contributed by atoms with van der Waals surface area (Å²) >= 11 is 0. The number of nitrogens with one attached hydrogen (secondary N) is 1. The number of fused-ring (bicyclic) bond motifs is 1. The van der Waals surface area contributed by atoms with Crippen LogP contribution in [-0.4, -0.2) is 28.0 Å². The average molecular weight is 354 g/mol. The second kappa shape index (κ2) is 7.48. The van der Waals surface area contributed by atoms with Crippen LogP contribution >= 0.6 is 0 Å². The Morgan fingerprint density at radius 2 is 1.85 bits per heavy atom. The predicted octanol–water partition coefficient (Wildman–Crippen LogP) is 4.22. The number of aromatic nitrogens is 2. The fourth-order valence-electron chi connectivity index (χ4n) is 3.26. The summed E-state index contributed by atoms with van der Waals surface area (Å²) in [4.78, 5) is 7.12. The highest BCUT2D eigenvalue weighted by Gasteiger charge is 2.36. The normalized spacial score (nSPS) is 15.2. The van der Waals surface area contributed by atoms with Gasteiger partial charge in [-0.25, -0.2) is 4.98 Å². The first-order valence-corrected chi connectivity index (χ1v) is 8.99.